The number of rotatable bonds is 6. The maximum absolute atomic E-state index is 12.2. The zero-order valence-electron chi connectivity index (χ0n) is 15.4. The van der Waals surface area contributed by atoms with Crippen LogP contribution in [-0.4, -0.2) is 36.8 Å². The van der Waals surface area contributed by atoms with Gasteiger partial charge in [0.05, 0.1) is 7.11 Å². The maximum atomic E-state index is 12.2. The number of ether oxygens (including phenoxy) is 1. The van der Waals surface area contributed by atoms with E-state index < -0.39 is 5.97 Å². The standard InChI is InChI=1S/C21H20N2O4/c1-14-18(13-24)17-10-6-7-11-19(17)23(14)12-15-8-4-5-9-16(15)20(22-27-3)21(25)26-2/h4-11,13H,12H2,1-3H3. The van der Waals surface area contributed by atoms with E-state index in [9.17, 15) is 9.59 Å². The van der Waals surface area contributed by atoms with E-state index in [2.05, 4.69) is 9.72 Å². The summed E-state index contributed by atoms with van der Waals surface area (Å²) >= 11 is 0. The lowest BCUT2D eigenvalue weighted by molar-refractivity contribution is -0.132. The van der Waals surface area contributed by atoms with Crippen LogP contribution in [0.1, 0.15) is 27.2 Å². The highest BCUT2D eigenvalue weighted by atomic mass is 16.6. The highest BCUT2D eigenvalue weighted by Crippen LogP contribution is 2.26. The van der Waals surface area contributed by atoms with E-state index in [0.717, 1.165) is 28.4 Å². The first-order chi connectivity index (χ1) is 13.1. The first kappa shape index (κ1) is 18.4. The average Bonchev–Trinajstić information content (AvgIpc) is 2.97. The molecule has 0 fully saturated rings. The van der Waals surface area contributed by atoms with Crippen LogP contribution in [0.15, 0.2) is 53.7 Å². The minimum Gasteiger partial charge on any atom is -0.464 e. The van der Waals surface area contributed by atoms with E-state index in [1.54, 1.807) is 6.07 Å². The molecule has 1 heterocycles. The van der Waals surface area contributed by atoms with Crippen molar-refractivity contribution in [1.29, 1.82) is 0 Å². The Balaban J connectivity index is 2.15. The van der Waals surface area contributed by atoms with Gasteiger partial charge >= 0.3 is 5.97 Å². The van der Waals surface area contributed by atoms with Crippen molar-refractivity contribution in [3.8, 4) is 0 Å². The van der Waals surface area contributed by atoms with Gasteiger partial charge in [-0.1, -0.05) is 47.6 Å². The molecule has 0 aliphatic rings. The number of aldehydes is 1. The van der Waals surface area contributed by atoms with Crippen LogP contribution < -0.4 is 0 Å². The highest BCUT2D eigenvalue weighted by Gasteiger charge is 2.20. The predicted molar refractivity (Wildman–Crippen MR) is 103 cm³/mol. The predicted octanol–water partition coefficient (Wildman–Crippen LogP) is 3.33. The number of oxime groups is 1. The van der Waals surface area contributed by atoms with E-state index in [4.69, 9.17) is 9.57 Å². The first-order valence-corrected chi connectivity index (χ1v) is 8.43. The summed E-state index contributed by atoms with van der Waals surface area (Å²) in [6.45, 7) is 2.38. The molecule has 3 aromatic rings. The molecule has 0 spiro atoms. The summed E-state index contributed by atoms with van der Waals surface area (Å²) in [6, 6.07) is 15.2. The summed E-state index contributed by atoms with van der Waals surface area (Å²) in [5.74, 6) is -0.577. The quantitative estimate of drug-likeness (QED) is 0.291. The van der Waals surface area contributed by atoms with Crippen molar-refractivity contribution in [3.05, 3.63) is 70.9 Å². The topological polar surface area (TPSA) is 69.9 Å². The smallest absolute Gasteiger partial charge is 0.360 e. The van der Waals surface area contributed by atoms with Gasteiger partial charge in [-0.25, -0.2) is 4.79 Å². The number of carbonyl (C=O) groups is 2. The number of hydrogen-bond donors (Lipinski definition) is 0. The van der Waals surface area contributed by atoms with Crippen LogP contribution in [0.4, 0.5) is 0 Å². The van der Waals surface area contributed by atoms with Gasteiger partial charge in [0.1, 0.15) is 7.11 Å². The van der Waals surface area contributed by atoms with Crippen LogP contribution in [0.2, 0.25) is 0 Å². The highest BCUT2D eigenvalue weighted by molar-refractivity contribution is 6.43. The van der Waals surface area contributed by atoms with Crippen molar-refractivity contribution in [2.75, 3.05) is 14.2 Å². The van der Waals surface area contributed by atoms with Crippen LogP contribution in [0, 0.1) is 6.92 Å². The summed E-state index contributed by atoms with van der Waals surface area (Å²) in [5.41, 5.74) is 4.07. The Morgan fingerprint density at radius 1 is 1.11 bits per heavy atom. The average molecular weight is 364 g/mol. The molecule has 2 aromatic carbocycles. The second-order valence-corrected chi connectivity index (χ2v) is 5.99. The fourth-order valence-corrected chi connectivity index (χ4v) is 3.25. The number of carbonyl (C=O) groups excluding carboxylic acids is 2. The van der Waals surface area contributed by atoms with Gasteiger partial charge in [-0.3, -0.25) is 4.79 Å². The number of nitrogens with zero attached hydrogens (tertiary/aromatic N) is 2. The van der Waals surface area contributed by atoms with Crippen LogP contribution >= 0.6 is 0 Å². The molecule has 0 bridgehead atoms. The number of esters is 1. The van der Waals surface area contributed by atoms with Crippen molar-refractivity contribution in [1.82, 2.24) is 4.57 Å². The monoisotopic (exact) mass is 364 g/mol. The Bertz CT molecular complexity index is 1030. The Morgan fingerprint density at radius 2 is 1.81 bits per heavy atom. The molecule has 1 aromatic heterocycles. The van der Waals surface area contributed by atoms with E-state index >= 15 is 0 Å². The van der Waals surface area contributed by atoms with Crippen LogP contribution in [-0.2, 0) is 20.9 Å². The molecule has 0 amide bonds. The molecule has 27 heavy (non-hydrogen) atoms. The molecule has 6 heteroatoms. The Hall–Kier alpha value is -3.41. The molecule has 0 saturated heterocycles. The largest absolute Gasteiger partial charge is 0.464 e. The van der Waals surface area contributed by atoms with Gasteiger partial charge in [0.2, 0.25) is 0 Å². The van der Waals surface area contributed by atoms with Crippen molar-refractivity contribution < 1.29 is 19.2 Å². The Morgan fingerprint density at radius 3 is 2.52 bits per heavy atom. The SMILES string of the molecule is CON=C(C(=O)OC)c1ccccc1Cn1c(C)c(C=O)c2ccccc21. The molecule has 0 unspecified atom stereocenters. The maximum Gasteiger partial charge on any atom is 0.360 e. The normalized spacial score (nSPS) is 11.4. The number of hydrogen-bond acceptors (Lipinski definition) is 5. The van der Waals surface area contributed by atoms with Gasteiger partial charge in [0.25, 0.3) is 0 Å². The molecular formula is C21H20N2O4. The molecule has 138 valence electrons. The fraction of sp³-hybridized carbons (Fsp3) is 0.190. The number of benzene rings is 2. The zero-order valence-corrected chi connectivity index (χ0v) is 15.4. The van der Waals surface area contributed by atoms with Crippen molar-refractivity contribution in [2.45, 2.75) is 13.5 Å². The second-order valence-electron chi connectivity index (χ2n) is 5.99. The third-order valence-electron chi connectivity index (χ3n) is 4.56. The van der Waals surface area contributed by atoms with E-state index in [0.29, 0.717) is 17.7 Å². The Labute approximate surface area is 157 Å². The van der Waals surface area contributed by atoms with Crippen molar-refractivity contribution in [3.63, 3.8) is 0 Å². The lowest BCUT2D eigenvalue weighted by Gasteiger charge is -2.13. The lowest BCUT2D eigenvalue weighted by atomic mass is 10.0. The first-order valence-electron chi connectivity index (χ1n) is 8.43. The minimum absolute atomic E-state index is 0.0975. The van der Waals surface area contributed by atoms with Gasteiger partial charge in [0, 0.05) is 34.3 Å². The van der Waals surface area contributed by atoms with Crippen molar-refractivity contribution in [2.24, 2.45) is 5.16 Å². The number of methoxy groups -OCH3 is 1. The second kappa shape index (κ2) is 7.86. The van der Waals surface area contributed by atoms with Crippen molar-refractivity contribution >= 4 is 28.9 Å². The van der Waals surface area contributed by atoms with Crippen LogP contribution in [0.5, 0.6) is 0 Å². The molecule has 0 N–H and O–H groups in total. The fourth-order valence-electron chi connectivity index (χ4n) is 3.25. The summed E-state index contributed by atoms with van der Waals surface area (Å²) in [7, 11) is 2.68. The summed E-state index contributed by atoms with van der Waals surface area (Å²) in [5, 5.41) is 4.75. The molecule has 0 atom stereocenters. The molecule has 0 aliphatic heterocycles. The summed E-state index contributed by atoms with van der Waals surface area (Å²) < 4.78 is 6.89. The zero-order chi connectivity index (χ0) is 19.4. The number of aromatic nitrogens is 1. The van der Waals surface area contributed by atoms with E-state index in [1.165, 1.54) is 14.2 Å². The van der Waals surface area contributed by atoms with E-state index in [-0.39, 0.29) is 5.71 Å². The van der Waals surface area contributed by atoms with Gasteiger partial charge < -0.3 is 14.1 Å². The third kappa shape index (κ3) is 3.33. The van der Waals surface area contributed by atoms with E-state index in [1.807, 2.05) is 49.4 Å². The van der Waals surface area contributed by atoms with Gasteiger partial charge in [-0.15, -0.1) is 0 Å². The lowest BCUT2D eigenvalue weighted by Crippen LogP contribution is -2.20. The molecule has 0 saturated carbocycles. The number of fused-ring (bicyclic) bond motifs is 1. The summed E-state index contributed by atoms with van der Waals surface area (Å²) in [4.78, 5) is 28.6. The summed E-state index contributed by atoms with van der Waals surface area (Å²) in [6.07, 6.45) is 0.881. The third-order valence-corrected chi connectivity index (χ3v) is 4.56. The molecule has 3 rings (SSSR count). The number of para-hydroxylation sites is 1. The molecule has 6 nitrogen and oxygen atoms in total. The van der Waals surface area contributed by atoms with Crippen LogP contribution in [0.3, 0.4) is 0 Å². The minimum atomic E-state index is -0.577. The molecular weight excluding hydrogens is 344 g/mol. The van der Waals surface area contributed by atoms with Gasteiger partial charge in [0.15, 0.2) is 12.0 Å². The van der Waals surface area contributed by atoms with Crippen LogP contribution in [0.25, 0.3) is 10.9 Å². The van der Waals surface area contributed by atoms with Gasteiger partial charge in [-0.05, 0) is 18.6 Å². The molecule has 0 aliphatic carbocycles. The van der Waals surface area contributed by atoms with Gasteiger partial charge in [-0.2, -0.15) is 0 Å². The Kier molecular flexibility index (Phi) is 5.35. The molecule has 0 radical (unpaired) electrons.